The average Bonchev–Trinajstić information content (AvgIpc) is 3.09. The Hall–Kier alpha value is -2.99. The summed E-state index contributed by atoms with van der Waals surface area (Å²) in [7, 11) is 0. The third-order valence-electron chi connectivity index (χ3n) is 4.87. The number of nitrogens with two attached hydrogens (primary N) is 1. The van der Waals surface area contributed by atoms with Crippen molar-refractivity contribution in [1.82, 2.24) is 15.0 Å². The van der Waals surface area contributed by atoms with E-state index in [9.17, 15) is 4.79 Å². The minimum atomic E-state index is -0.376. The topological polar surface area (TPSA) is 85.3 Å². The summed E-state index contributed by atoms with van der Waals surface area (Å²) in [6, 6.07) is 15.6. The van der Waals surface area contributed by atoms with Gasteiger partial charge in [0.25, 0.3) is 0 Å². The number of carbonyl (C=O) groups excluding carboxylic acids is 1. The number of hydrogen-bond acceptors (Lipinski definition) is 5. The van der Waals surface area contributed by atoms with Crippen LogP contribution in [0.3, 0.4) is 0 Å². The molecule has 132 valence electrons. The van der Waals surface area contributed by atoms with Crippen molar-refractivity contribution in [2.45, 2.75) is 32.5 Å². The Morgan fingerprint density at radius 3 is 2.69 bits per heavy atom. The Kier molecular flexibility index (Phi) is 4.26. The summed E-state index contributed by atoms with van der Waals surface area (Å²) < 4.78 is 5.44. The fourth-order valence-electron chi connectivity index (χ4n) is 3.45. The third kappa shape index (κ3) is 3.11. The van der Waals surface area contributed by atoms with Gasteiger partial charge in [-0.15, -0.1) is 0 Å². The largest absolute Gasteiger partial charge is 0.368 e. The van der Waals surface area contributed by atoms with E-state index in [1.807, 2.05) is 54.3 Å². The molecule has 26 heavy (non-hydrogen) atoms. The minimum Gasteiger partial charge on any atom is -0.368 e. The van der Waals surface area contributed by atoms with E-state index in [1.54, 1.807) is 0 Å². The highest BCUT2D eigenvalue weighted by Crippen LogP contribution is 2.26. The zero-order valence-electron chi connectivity index (χ0n) is 14.6. The van der Waals surface area contributed by atoms with Crippen LogP contribution in [0, 0.1) is 6.92 Å². The molecule has 6 nitrogen and oxygen atoms in total. The molecule has 0 aliphatic carbocycles. The van der Waals surface area contributed by atoms with Crippen LogP contribution < -0.4 is 5.73 Å². The van der Waals surface area contributed by atoms with E-state index in [-0.39, 0.29) is 11.9 Å². The number of aromatic nitrogens is 2. The van der Waals surface area contributed by atoms with Crippen molar-refractivity contribution in [2.24, 2.45) is 5.73 Å². The number of benzene rings is 2. The molecule has 6 heteroatoms. The van der Waals surface area contributed by atoms with Crippen molar-refractivity contribution in [1.29, 1.82) is 0 Å². The van der Waals surface area contributed by atoms with Gasteiger partial charge in [-0.25, -0.2) is 0 Å². The summed E-state index contributed by atoms with van der Waals surface area (Å²) >= 11 is 0. The van der Waals surface area contributed by atoms with E-state index in [0.717, 1.165) is 11.1 Å². The lowest BCUT2D eigenvalue weighted by Crippen LogP contribution is -2.48. The molecular formula is C20H20N4O2. The molecule has 0 unspecified atom stereocenters. The van der Waals surface area contributed by atoms with Gasteiger partial charge in [0.2, 0.25) is 17.6 Å². The van der Waals surface area contributed by atoms with Crippen LogP contribution in [0.2, 0.25) is 0 Å². The van der Waals surface area contributed by atoms with Gasteiger partial charge in [-0.1, -0.05) is 53.7 Å². The van der Waals surface area contributed by atoms with Crippen molar-refractivity contribution in [3.05, 3.63) is 71.1 Å². The Bertz CT molecular complexity index is 950. The first-order valence-electron chi connectivity index (χ1n) is 8.60. The lowest BCUT2D eigenvalue weighted by molar-refractivity contribution is -0.124. The predicted octanol–water partition coefficient (Wildman–Crippen LogP) is 2.46. The number of rotatable bonds is 4. The fraction of sp³-hybridized carbons (Fsp3) is 0.250. The highest BCUT2D eigenvalue weighted by molar-refractivity contribution is 5.80. The SMILES string of the molecule is Cc1ccccc1-c1noc(CN2Cc3ccccc3C[C@@H]2C(N)=O)n1. The average molecular weight is 348 g/mol. The number of amides is 1. The fourth-order valence-corrected chi connectivity index (χ4v) is 3.45. The molecule has 0 bridgehead atoms. The Morgan fingerprint density at radius 1 is 1.19 bits per heavy atom. The molecule has 4 rings (SSSR count). The number of fused-ring (bicyclic) bond motifs is 1. The van der Waals surface area contributed by atoms with Crippen molar-refractivity contribution < 1.29 is 9.32 Å². The van der Waals surface area contributed by atoms with Crippen LogP contribution in [0.4, 0.5) is 0 Å². The lowest BCUT2D eigenvalue weighted by Gasteiger charge is -2.33. The molecule has 0 radical (unpaired) electrons. The Labute approximate surface area is 151 Å². The van der Waals surface area contributed by atoms with Gasteiger partial charge < -0.3 is 10.3 Å². The smallest absolute Gasteiger partial charge is 0.241 e. The van der Waals surface area contributed by atoms with Crippen LogP contribution in [-0.2, 0) is 24.3 Å². The summed E-state index contributed by atoms with van der Waals surface area (Å²) in [6.07, 6.45) is 0.601. The van der Waals surface area contributed by atoms with Gasteiger partial charge in [-0.3, -0.25) is 9.69 Å². The van der Waals surface area contributed by atoms with E-state index in [4.69, 9.17) is 10.3 Å². The Balaban J connectivity index is 1.58. The van der Waals surface area contributed by atoms with Crippen LogP contribution in [0.15, 0.2) is 53.1 Å². The quantitative estimate of drug-likeness (QED) is 0.783. The summed E-state index contributed by atoms with van der Waals surface area (Å²) in [5.74, 6) is 0.707. The first kappa shape index (κ1) is 16.5. The molecule has 3 aromatic rings. The predicted molar refractivity (Wildman–Crippen MR) is 96.8 cm³/mol. The van der Waals surface area contributed by atoms with Crippen LogP contribution in [0.5, 0.6) is 0 Å². The first-order chi connectivity index (χ1) is 12.6. The minimum absolute atomic E-state index is 0.335. The summed E-state index contributed by atoms with van der Waals surface area (Å²) in [5.41, 5.74) is 10.0. The second-order valence-corrected chi connectivity index (χ2v) is 6.62. The molecule has 1 aliphatic rings. The van der Waals surface area contributed by atoms with Gasteiger partial charge in [0.15, 0.2) is 0 Å². The van der Waals surface area contributed by atoms with E-state index in [2.05, 4.69) is 16.2 Å². The van der Waals surface area contributed by atoms with Crippen molar-refractivity contribution in [3.8, 4) is 11.4 Å². The monoisotopic (exact) mass is 348 g/mol. The zero-order valence-corrected chi connectivity index (χ0v) is 14.6. The lowest BCUT2D eigenvalue weighted by atomic mass is 9.93. The van der Waals surface area contributed by atoms with Gasteiger partial charge in [-0.05, 0) is 30.0 Å². The molecule has 1 amide bonds. The maximum absolute atomic E-state index is 12.0. The van der Waals surface area contributed by atoms with E-state index < -0.39 is 0 Å². The normalized spacial score (nSPS) is 17.0. The molecule has 0 fully saturated rings. The maximum atomic E-state index is 12.0. The van der Waals surface area contributed by atoms with Crippen molar-refractivity contribution in [3.63, 3.8) is 0 Å². The zero-order chi connectivity index (χ0) is 18.1. The second kappa shape index (κ2) is 6.72. The molecule has 1 aromatic heterocycles. The summed E-state index contributed by atoms with van der Waals surface area (Å²) in [6.45, 7) is 3.03. The van der Waals surface area contributed by atoms with Crippen LogP contribution in [0.25, 0.3) is 11.4 Å². The van der Waals surface area contributed by atoms with Gasteiger partial charge in [0.1, 0.15) is 0 Å². The second-order valence-electron chi connectivity index (χ2n) is 6.62. The molecule has 1 aliphatic heterocycles. The van der Waals surface area contributed by atoms with Crippen LogP contribution in [-0.4, -0.2) is 27.0 Å². The summed E-state index contributed by atoms with van der Waals surface area (Å²) in [4.78, 5) is 18.5. The van der Waals surface area contributed by atoms with E-state index >= 15 is 0 Å². The molecule has 1 atom stereocenters. The Morgan fingerprint density at radius 2 is 1.92 bits per heavy atom. The van der Waals surface area contributed by atoms with Crippen molar-refractivity contribution >= 4 is 5.91 Å². The summed E-state index contributed by atoms with van der Waals surface area (Å²) in [5, 5.41) is 4.10. The van der Waals surface area contributed by atoms with Crippen molar-refractivity contribution in [2.75, 3.05) is 0 Å². The third-order valence-corrected chi connectivity index (χ3v) is 4.87. The standard InChI is InChI=1S/C20H20N4O2/c1-13-6-2-5-9-16(13)20-22-18(26-23-20)12-24-11-15-8-4-3-7-14(15)10-17(24)19(21)25/h2-9,17H,10-12H2,1H3,(H2,21,25)/t17-/m1/s1. The number of carbonyl (C=O) groups is 1. The molecule has 2 aromatic carbocycles. The van der Waals surface area contributed by atoms with E-state index in [1.165, 1.54) is 11.1 Å². The van der Waals surface area contributed by atoms with Gasteiger partial charge in [0.05, 0.1) is 12.6 Å². The van der Waals surface area contributed by atoms with E-state index in [0.29, 0.717) is 31.2 Å². The molecule has 2 heterocycles. The highest BCUT2D eigenvalue weighted by atomic mass is 16.5. The number of nitrogens with zero attached hydrogens (tertiary/aromatic N) is 3. The molecule has 0 saturated carbocycles. The molecule has 0 spiro atoms. The van der Waals surface area contributed by atoms with Gasteiger partial charge in [0, 0.05) is 12.1 Å². The molecule has 2 N–H and O–H groups in total. The number of aryl methyl sites for hydroxylation is 1. The maximum Gasteiger partial charge on any atom is 0.241 e. The number of primary amides is 1. The molecule has 0 saturated heterocycles. The van der Waals surface area contributed by atoms with Gasteiger partial charge in [-0.2, -0.15) is 4.98 Å². The van der Waals surface area contributed by atoms with Crippen LogP contribution >= 0.6 is 0 Å². The molecular weight excluding hydrogens is 328 g/mol. The first-order valence-corrected chi connectivity index (χ1v) is 8.60. The highest BCUT2D eigenvalue weighted by Gasteiger charge is 2.31. The van der Waals surface area contributed by atoms with Gasteiger partial charge >= 0.3 is 0 Å². The van der Waals surface area contributed by atoms with Crippen LogP contribution in [0.1, 0.15) is 22.6 Å². The number of hydrogen-bond donors (Lipinski definition) is 1.